The van der Waals surface area contributed by atoms with Crippen molar-refractivity contribution in [1.82, 2.24) is 0 Å². The van der Waals surface area contributed by atoms with Crippen molar-refractivity contribution >= 4 is 17.4 Å². The number of anilines is 1. The average molecular weight is 179 g/mol. The molecule has 0 unspecified atom stereocenters. The van der Waals surface area contributed by atoms with E-state index in [1.54, 1.807) is 0 Å². The molecule has 0 spiro atoms. The summed E-state index contributed by atoms with van der Waals surface area (Å²) in [6.45, 7) is 4.49. The molecule has 1 aliphatic heterocycles. The van der Waals surface area contributed by atoms with Gasteiger partial charge >= 0.3 is 0 Å². The minimum atomic E-state index is 0.574. The van der Waals surface area contributed by atoms with E-state index in [9.17, 15) is 0 Å². The first-order valence-electron chi connectivity index (χ1n) is 4.29. The number of thioether (sulfide) groups is 1. The van der Waals surface area contributed by atoms with E-state index in [0.29, 0.717) is 11.3 Å². The maximum Gasteiger partial charge on any atom is 0.0480 e. The molecular formula is C10H13NS. The number of nitrogens with one attached hydrogen (secondary N) is 1. The number of hydrogen-bond acceptors (Lipinski definition) is 2. The Morgan fingerprint density at radius 3 is 2.83 bits per heavy atom. The Bertz CT molecular complexity index is 256. The maximum absolute atomic E-state index is 3.49. The van der Waals surface area contributed by atoms with Crippen LogP contribution in [0.25, 0.3) is 0 Å². The smallest absolute Gasteiger partial charge is 0.0480 e. The predicted octanol–water partition coefficient (Wildman–Crippen LogP) is 2.98. The summed E-state index contributed by atoms with van der Waals surface area (Å²) < 4.78 is 0. The molecule has 64 valence electrons. The monoisotopic (exact) mass is 179 g/mol. The molecule has 0 aliphatic carbocycles. The lowest BCUT2D eigenvalue weighted by Gasteiger charge is -2.29. The van der Waals surface area contributed by atoms with Gasteiger partial charge in [0.2, 0.25) is 0 Å². The standard InChI is InChI=1S/C10H13NS/c1-7-8(2)12-10-6-4-3-5-9(10)11-7/h3-8,11H,1-2H3/t7-,8-/m0/s1. The molecular weight excluding hydrogens is 166 g/mol. The van der Waals surface area contributed by atoms with Crippen molar-refractivity contribution in [2.75, 3.05) is 5.32 Å². The molecule has 0 amide bonds. The molecule has 2 rings (SSSR count). The Kier molecular flexibility index (Phi) is 2.01. The van der Waals surface area contributed by atoms with Gasteiger partial charge in [0.25, 0.3) is 0 Å². The SMILES string of the molecule is C[C@@H]1Nc2ccccc2S[C@H]1C. The fourth-order valence-electron chi connectivity index (χ4n) is 1.35. The predicted molar refractivity (Wildman–Crippen MR) is 54.8 cm³/mol. The van der Waals surface area contributed by atoms with Gasteiger partial charge in [-0.25, -0.2) is 0 Å². The summed E-state index contributed by atoms with van der Waals surface area (Å²) in [6.07, 6.45) is 0. The molecule has 0 bridgehead atoms. The summed E-state index contributed by atoms with van der Waals surface area (Å²) in [5, 5.41) is 4.16. The molecule has 1 aromatic rings. The van der Waals surface area contributed by atoms with Crippen LogP contribution >= 0.6 is 11.8 Å². The number of fused-ring (bicyclic) bond motifs is 1. The highest BCUT2D eigenvalue weighted by atomic mass is 32.2. The molecule has 1 N–H and O–H groups in total. The van der Waals surface area contributed by atoms with Gasteiger partial charge in [-0.2, -0.15) is 0 Å². The quantitative estimate of drug-likeness (QED) is 0.657. The van der Waals surface area contributed by atoms with E-state index in [0.717, 1.165) is 0 Å². The van der Waals surface area contributed by atoms with Gasteiger partial charge in [-0.05, 0) is 19.1 Å². The van der Waals surface area contributed by atoms with E-state index >= 15 is 0 Å². The van der Waals surface area contributed by atoms with Gasteiger partial charge in [0.15, 0.2) is 0 Å². The van der Waals surface area contributed by atoms with Gasteiger partial charge in [-0.15, -0.1) is 11.8 Å². The lowest BCUT2D eigenvalue weighted by molar-refractivity contribution is 0.767. The van der Waals surface area contributed by atoms with E-state index in [2.05, 4.69) is 43.4 Å². The molecule has 2 heteroatoms. The van der Waals surface area contributed by atoms with E-state index in [1.807, 2.05) is 11.8 Å². The normalized spacial score (nSPS) is 27.5. The second-order valence-electron chi connectivity index (χ2n) is 3.25. The maximum atomic E-state index is 3.49. The van der Waals surface area contributed by atoms with Crippen LogP contribution in [0.2, 0.25) is 0 Å². The molecule has 2 atom stereocenters. The summed E-state index contributed by atoms with van der Waals surface area (Å²) in [5.41, 5.74) is 1.29. The van der Waals surface area contributed by atoms with Gasteiger partial charge in [0.1, 0.15) is 0 Å². The van der Waals surface area contributed by atoms with Crippen molar-refractivity contribution < 1.29 is 0 Å². The van der Waals surface area contributed by atoms with Crippen molar-refractivity contribution in [3.63, 3.8) is 0 Å². The third kappa shape index (κ3) is 1.31. The van der Waals surface area contributed by atoms with Crippen LogP contribution in [0, 0.1) is 0 Å². The topological polar surface area (TPSA) is 12.0 Å². The van der Waals surface area contributed by atoms with Gasteiger partial charge in [-0.3, -0.25) is 0 Å². The molecule has 12 heavy (non-hydrogen) atoms. The first-order chi connectivity index (χ1) is 5.77. The Morgan fingerprint density at radius 2 is 2.00 bits per heavy atom. The zero-order valence-electron chi connectivity index (χ0n) is 7.37. The van der Waals surface area contributed by atoms with E-state index < -0.39 is 0 Å². The van der Waals surface area contributed by atoms with Crippen LogP contribution in [0.5, 0.6) is 0 Å². The molecule has 1 aromatic carbocycles. The van der Waals surface area contributed by atoms with Crippen molar-refractivity contribution in [2.24, 2.45) is 0 Å². The Labute approximate surface area is 77.6 Å². The molecule has 0 saturated carbocycles. The van der Waals surface area contributed by atoms with Crippen LogP contribution in [0.4, 0.5) is 5.69 Å². The molecule has 1 nitrogen and oxygen atoms in total. The minimum Gasteiger partial charge on any atom is -0.381 e. The Balaban J connectivity index is 2.34. The third-order valence-electron chi connectivity index (χ3n) is 2.29. The van der Waals surface area contributed by atoms with Crippen LogP contribution in [-0.4, -0.2) is 11.3 Å². The van der Waals surface area contributed by atoms with Crippen LogP contribution in [0.3, 0.4) is 0 Å². The Morgan fingerprint density at radius 1 is 1.25 bits per heavy atom. The fraction of sp³-hybridized carbons (Fsp3) is 0.400. The first-order valence-corrected chi connectivity index (χ1v) is 5.17. The molecule has 1 aliphatic rings. The van der Waals surface area contributed by atoms with Crippen LogP contribution < -0.4 is 5.32 Å². The van der Waals surface area contributed by atoms with Gasteiger partial charge in [0.05, 0.1) is 0 Å². The van der Waals surface area contributed by atoms with Gasteiger partial charge in [-0.1, -0.05) is 19.1 Å². The summed E-state index contributed by atoms with van der Waals surface area (Å²) in [4.78, 5) is 1.38. The first kappa shape index (κ1) is 7.99. The zero-order chi connectivity index (χ0) is 8.55. The number of rotatable bonds is 0. The van der Waals surface area contributed by atoms with Gasteiger partial charge < -0.3 is 5.32 Å². The highest BCUT2D eigenvalue weighted by Crippen LogP contribution is 2.36. The highest BCUT2D eigenvalue weighted by molar-refractivity contribution is 8.00. The Hall–Kier alpha value is -0.630. The van der Waals surface area contributed by atoms with Crippen LogP contribution in [0.15, 0.2) is 29.2 Å². The van der Waals surface area contributed by atoms with Crippen molar-refractivity contribution in [3.8, 4) is 0 Å². The lowest BCUT2D eigenvalue weighted by atomic mass is 10.2. The summed E-state index contributed by atoms with van der Waals surface area (Å²) in [7, 11) is 0. The van der Waals surface area contributed by atoms with Gasteiger partial charge in [0, 0.05) is 21.9 Å². The highest BCUT2D eigenvalue weighted by Gasteiger charge is 2.20. The van der Waals surface area contributed by atoms with E-state index in [1.165, 1.54) is 10.6 Å². The van der Waals surface area contributed by atoms with E-state index in [-0.39, 0.29) is 0 Å². The van der Waals surface area contributed by atoms with Crippen molar-refractivity contribution in [3.05, 3.63) is 24.3 Å². The summed E-state index contributed by atoms with van der Waals surface area (Å²) >= 11 is 1.96. The minimum absolute atomic E-state index is 0.574. The average Bonchev–Trinajstić information content (AvgIpc) is 2.07. The zero-order valence-corrected chi connectivity index (χ0v) is 8.19. The number of hydrogen-bond donors (Lipinski definition) is 1. The second kappa shape index (κ2) is 3.02. The lowest BCUT2D eigenvalue weighted by Crippen LogP contribution is -2.29. The van der Waals surface area contributed by atoms with Crippen LogP contribution in [-0.2, 0) is 0 Å². The second-order valence-corrected chi connectivity index (χ2v) is 4.67. The molecule has 0 fully saturated rings. The van der Waals surface area contributed by atoms with Crippen LogP contribution in [0.1, 0.15) is 13.8 Å². The molecule has 0 radical (unpaired) electrons. The van der Waals surface area contributed by atoms with Crippen molar-refractivity contribution in [2.45, 2.75) is 30.0 Å². The molecule has 1 heterocycles. The number of para-hydroxylation sites is 1. The molecule has 0 aromatic heterocycles. The van der Waals surface area contributed by atoms with Crippen molar-refractivity contribution in [1.29, 1.82) is 0 Å². The largest absolute Gasteiger partial charge is 0.381 e. The number of benzene rings is 1. The third-order valence-corrected chi connectivity index (χ3v) is 3.68. The fourth-order valence-corrected chi connectivity index (χ4v) is 2.44. The summed E-state index contributed by atoms with van der Waals surface area (Å²) in [6, 6.07) is 9.07. The summed E-state index contributed by atoms with van der Waals surface area (Å²) in [5.74, 6) is 0. The molecule has 0 saturated heterocycles. The van der Waals surface area contributed by atoms with E-state index in [4.69, 9.17) is 0 Å².